The zero-order chi connectivity index (χ0) is 21.9. The summed E-state index contributed by atoms with van der Waals surface area (Å²) in [6.45, 7) is 8.25. The molecular formula is C22H29N3O5. The van der Waals surface area contributed by atoms with Gasteiger partial charge in [-0.2, -0.15) is 0 Å². The predicted molar refractivity (Wildman–Crippen MR) is 113 cm³/mol. The fraction of sp³-hybridized carbons (Fsp3) is 0.500. The SMILES string of the molecule is CC(=O)NC[C@H]1CN(c2ccc(C3=CCNC(C(=O)OC(C)(C)C)C3)cc2)C(=O)O1. The molecule has 1 aromatic rings. The van der Waals surface area contributed by atoms with Gasteiger partial charge in [0.25, 0.3) is 0 Å². The molecule has 2 aliphatic heterocycles. The minimum atomic E-state index is -0.524. The van der Waals surface area contributed by atoms with Crippen LogP contribution in [-0.2, 0) is 19.1 Å². The summed E-state index contributed by atoms with van der Waals surface area (Å²) in [5.41, 5.74) is 2.26. The molecule has 1 fully saturated rings. The van der Waals surface area contributed by atoms with Crippen molar-refractivity contribution < 1.29 is 23.9 Å². The molecule has 3 rings (SSSR count). The zero-order valence-corrected chi connectivity index (χ0v) is 17.9. The second kappa shape index (κ2) is 8.87. The number of ether oxygens (including phenoxy) is 2. The van der Waals surface area contributed by atoms with Gasteiger partial charge in [-0.3, -0.25) is 14.5 Å². The van der Waals surface area contributed by atoms with E-state index in [2.05, 4.69) is 16.7 Å². The van der Waals surface area contributed by atoms with Crippen LogP contribution >= 0.6 is 0 Å². The smallest absolute Gasteiger partial charge is 0.414 e. The minimum Gasteiger partial charge on any atom is -0.459 e. The fourth-order valence-electron chi connectivity index (χ4n) is 3.43. The summed E-state index contributed by atoms with van der Waals surface area (Å²) in [5, 5.41) is 5.84. The van der Waals surface area contributed by atoms with E-state index >= 15 is 0 Å². The van der Waals surface area contributed by atoms with E-state index in [9.17, 15) is 14.4 Å². The van der Waals surface area contributed by atoms with Crippen LogP contribution in [0.2, 0.25) is 0 Å². The van der Waals surface area contributed by atoms with Gasteiger partial charge < -0.3 is 20.1 Å². The first-order valence-electron chi connectivity index (χ1n) is 10.1. The molecule has 30 heavy (non-hydrogen) atoms. The quantitative estimate of drug-likeness (QED) is 0.716. The lowest BCUT2D eigenvalue weighted by Crippen LogP contribution is -2.43. The number of carbonyl (C=O) groups excluding carboxylic acids is 3. The molecule has 2 amide bonds. The van der Waals surface area contributed by atoms with Crippen molar-refractivity contribution in [2.24, 2.45) is 0 Å². The number of carbonyl (C=O) groups is 3. The van der Waals surface area contributed by atoms with E-state index in [4.69, 9.17) is 9.47 Å². The van der Waals surface area contributed by atoms with Crippen LogP contribution in [0.15, 0.2) is 30.3 Å². The Morgan fingerprint density at radius 1 is 1.27 bits per heavy atom. The highest BCUT2D eigenvalue weighted by molar-refractivity contribution is 5.90. The normalized spacial score (nSPS) is 21.7. The zero-order valence-electron chi connectivity index (χ0n) is 17.9. The number of anilines is 1. The Hall–Kier alpha value is -2.87. The molecule has 1 aromatic carbocycles. The molecule has 8 nitrogen and oxygen atoms in total. The van der Waals surface area contributed by atoms with Crippen LogP contribution in [0.5, 0.6) is 0 Å². The third-order valence-electron chi connectivity index (χ3n) is 4.83. The molecule has 1 unspecified atom stereocenters. The molecular weight excluding hydrogens is 386 g/mol. The van der Waals surface area contributed by atoms with E-state index in [1.165, 1.54) is 6.92 Å². The van der Waals surface area contributed by atoms with Crippen molar-refractivity contribution in [1.82, 2.24) is 10.6 Å². The molecule has 0 radical (unpaired) electrons. The summed E-state index contributed by atoms with van der Waals surface area (Å²) in [5.74, 6) is -0.413. The molecule has 0 aliphatic carbocycles. The molecule has 8 heteroatoms. The third-order valence-corrected chi connectivity index (χ3v) is 4.83. The molecule has 0 bridgehead atoms. The first-order chi connectivity index (χ1) is 14.1. The van der Waals surface area contributed by atoms with Gasteiger partial charge in [0.05, 0.1) is 13.1 Å². The third kappa shape index (κ3) is 5.60. The first-order valence-corrected chi connectivity index (χ1v) is 10.1. The van der Waals surface area contributed by atoms with Crippen molar-refractivity contribution in [1.29, 1.82) is 0 Å². The molecule has 1 saturated heterocycles. The van der Waals surface area contributed by atoms with Crippen molar-refractivity contribution in [3.8, 4) is 0 Å². The molecule has 0 saturated carbocycles. The van der Waals surface area contributed by atoms with Gasteiger partial charge >= 0.3 is 12.1 Å². The summed E-state index contributed by atoms with van der Waals surface area (Å²) in [4.78, 5) is 37.2. The maximum absolute atomic E-state index is 12.4. The first kappa shape index (κ1) is 21.8. The number of esters is 1. The van der Waals surface area contributed by atoms with Crippen molar-refractivity contribution in [3.05, 3.63) is 35.9 Å². The molecule has 2 heterocycles. The molecule has 2 aliphatic rings. The number of hydrogen-bond acceptors (Lipinski definition) is 6. The average molecular weight is 415 g/mol. The van der Waals surface area contributed by atoms with E-state index in [-0.39, 0.29) is 24.0 Å². The van der Waals surface area contributed by atoms with Gasteiger partial charge in [-0.1, -0.05) is 18.2 Å². The van der Waals surface area contributed by atoms with E-state index in [0.29, 0.717) is 26.1 Å². The van der Waals surface area contributed by atoms with Crippen LogP contribution < -0.4 is 15.5 Å². The van der Waals surface area contributed by atoms with Gasteiger partial charge in [0.1, 0.15) is 17.7 Å². The Morgan fingerprint density at radius 3 is 2.60 bits per heavy atom. The maximum Gasteiger partial charge on any atom is 0.414 e. The predicted octanol–water partition coefficient (Wildman–Crippen LogP) is 2.23. The lowest BCUT2D eigenvalue weighted by Gasteiger charge is -2.27. The van der Waals surface area contributed by atoms with E-state index in [0.717, 1.165) is 16.8 Å². The number of nitrogens with one attached hydrogen (secondary N) is 2. The Balaban J connectivity index is 1.63. The second-order valence-corrected chi connectivity index (χ2v) is 8.53. The standard InChI is InChI=1S/C22H29N3O5/c1-14(26)24-12-18-13-25(21(28)29-18)17-7-5-15(6-8-17)16-9-10-23-19(11-16)20(27)30-22(2,3)4/h5-9,18-19,23H,10-13H2,1-4H3,(H,24,26)/t18-,19?/m0/s1. The number of amides is 2. The summed E-state index contributed by atoms with van der Waals surface area (Å²) in [6.07, 6.45) is 1.80. The van der Waals surface area contributed by atoms with Crippen molar-refractivity contribution >= 4 is 29.2 Å². The highest BCUT2D eigenvalue weighted by Gasteiger charge is 2.32. The summed E-state index contributed by atoms with van der Waals surface area (Å²) in [7, 11) is 0. The van der Waals surface area contributed by atoms with Crippen molar-refractivity contribution in [3.63, 3.8) is 0 Å². The van der Waals surface area contributed by atoms with Gasteiger partial charge in [-0.15, -0.1) is 0 Å². The number of hydrogen-bond donors (Lipinski definition) is 2. The van der Waals surface area contributed by atoms with Crippen LogP contribution in [-0.4, -0.2) is 55.4 Å². The molecule has 162 valence electrons. The molecule has 2 atom stereocenters. The number of cyclic esters (lactones) is 1. The van der Waals surface area contributed by atoms with E-state index in [1.807, 2.05) is 45.0 Å². The van der Waals surface area contributed by atoms with Crippen LogP contribution in [0, 0.1) is 0 Å². The second-order valence-electron chi connectivity index (χ2n) is 8.53. The van der Waals surface area contributed by atoms with Gasteiger partial charge in [-0.05, 0) is 50.5 Å². The fourth-order valence-corrected chi connectivity index (χ4v) is 3.43. The minimum absolute atomic E-state index is 0.159. The van der Waals surface area contributed by atoms with Gasteiger partial charge in [0.2, 0.25) is 5.91 Å². The Bertz CT molecular complexity index is 841. The van der Waals surface area contributed by atoms with Crippen LogP contribution in [0.1, 0.15) is 39.7 Å². The van der Waals surface area contributed by atoms with E-state index < -0.39 is 11.7 Å². The summed E-state index contributed by atoms with van der Waals surface area (Å²) < 4.78 is 10.8. The van der Waals surface area contributed by atoms with Crippen molar-refractivity contribution in [2.75, 3.05) is 24.5 Å². The van der Waals surface area contributed by atoms with E-state index in [1.54, 1.807) is 4.90 Å². The Morgan fingerprint density at radius 2 is 1.97 bits per heavy atom. The van der Waals surface area contributed by atoms with Crippen LogP contribution in [0.25, 0.3) is 5.57 Å². The van der Waals surface area contributed by atoms with Crippen LogP contribution in [0.4, 0.5) is 10.5 Å². The average Bonchev–Trinajstić information content (AvgIpc) is 3.06. The van der Waals surface area contributed by atoms with Crippen LogP contribution in [0.3, 0.4) is 0 Å². The summed E-state index contributed by atoms with van der Waals surface area (Å²) >= 11 is 0. The molecule has 0 aromatic heterocycles. The van der Waals surface area contributed by atoms with Gasteiger partial charge in [0, 0.05) is 19.2 Å². The summed E-state index contributed by atoms with van der Waals surface area (Å²) in [6, 6.07) is 7.22. The Labute approximate surface area is 176 Å². The molecule has 0 spiro atoms. The number of rotatable bonds is 5. The van der Waals surface area contributed by atoms with Crippen molar-refractivity contribution in [2.45, 2.75) is 51.9 Å². The van der Waals surface area contributed by atoms with Gasteiger partial charge in [0.15, 0.2) is 0 Å². The lowest BCUT2D eigenvalue weighted by atomic mass is 9.95. The highest BCUT2D eigenvalue weighted by atomic mass is 16.6. The monoisotopic (exact) mass is 415 g/mol. The number of benzene rings is 1. The lowest BCUT2D eigenvalue weighted by molar-refractivity contribution is -0.157. The van der Waals surface area contributed by atoms with Gasteiger partial charge in [-0.25, -0.2) is 4.79 Å². The largest absolute Gasteiger partial charge is 0.459 e. The Kier molecular flexibility index (Phi) is 6.45. The molecule has 2 N–H and O–H groups in total. The topological polar surface area (TPSA) is 97.0 Å². The number of nitrogens with zero attached hydrogens (tertiary/aromatic N) is 1. The highest BCUT2D eigenvalue weighted by Crippen LogP contribution is 2.28. The maximum atomic E-state index is 12.4.